The van der Waals surface area contributed by atoms with Crippen molar-refractivity contribution < 1.29 is 14.3 Å². The van der Waals surface area contributed by atoms with Gasteiger partial charge in [0.1, 0.15) is 17.5 Å². The summed E-state index contributed by atoms with van der Waals surface area (Å²) < 4.78 is 10.4. The first-order valence-electron chi connectivity index (χ1n) is 8.41. The molecule has 0 aliphatic carbocycles. The monoisotopic (exact) mass is 359 g/mol. The summed E-state index contributed by atoms with van der Waals surface area (Å²) in [5.74, 6) is 3.10. The summed E-state index contributed by atoms with van der Waals surface area (Å²) >= 11 is 0. The van der Waals surface area contributed by atoms with Crippen LogP contribution in [0.5, 0.6) is 11.5 Å². The van der Waals surface area contributed by atoms with Crippen LogP contribution in [-0.4, -0.2) is 49.7 Å². The second kappa shape index (κ2) is 9.45. The quantitative estimate of drug-likeness (QED) is 0.590. The van der Waals surface area contributed by atoms with E-state index in [9.17, 15) is 4.79 Å². The third kappa shape index (κ3) is 5.23. The Labute approximate surface area is 153 Å². The van der Waals surface area contributed by atoms with Crippen LogP contribution in [0.4, 0.5) is 11.6 Å². The molecule has 0 radical (unpaired) electrons. The van der Waals surface area contributed by atoms with Gasteiger partial charge in [0.05, 0.1) is 14.2 Å². The molecule has 0 atom stereocenters. The fourth-order valence-corrected chi connectivity index (χ4v) is 2.38. The zero-order chi connectivity index (χ0) is 18.9. The van der Waals surface area contributed by atoms with Crippen molar-refractivity contribution in [3.8, 4) is 11.5 Å². The van der Waals surface area contributed by atoms with E-state index >= 15 is 0 Å². The van der Waals surface area contributed by atoms with Gasteiger partial charge < -0.3 is 25.4 Å². The lowest BCUT2D eigenvalue weighted by Gasteiger charge is -2.11. The second-order valence-electron chi connectivity index (χ2n) is 5.47. The van der Waals surface area contributed by atoms with Gasteiger partial charge in [-0.1, -0.05) is 0 Å². The molecule has 1 amide bonds. The molecular weight excluding hydrogens is 334 g/mol. The fourth-order valence-electron chi connectivity index (χ4n) is 2.38. The summed E-state index contributed by atoms with van der Waals surface area (Å²) in [6, 6.07) is 6.89. The lowest BCUT2D eigenvalue weighted by Crippen LogP contribution is -2.29. The SMILES string of the molecule is CCNc1cc(NCCNC(=O)c2ccc(OC)c(OC)c2)nc(C)n1. The van der Waals surface area contributed by atoms with Crippen LogP contribution in [0, 0.1) is 6.92 Å². The van der Waals surface area contributed by atoms with Crippen LogP contribution >= 0.6 is 0 Å². The number of hydrogen-bond acceptors (Lipinski definition) is 7. The molecule has 0 fully saturated rings. The maximum Gasteiger partial charge on any atom is 0.251 e. The van der Waals surface area contributed by atoms with E-state index in [1.54, 1.807) is 25.3 Å². The van der Waals surface area contributed by atoms with E-state index in [1.165, 1.54) is 7.11 Å². The van der Waals surface area contributed by atoms with Crippen LogP contribution in [0.1, 0.15) is 23.1 Å². The molecule has 0 aliphatic rings. The number of nitrogens with zero attached hydrogens (tertiary/aromatic N) is 2. The van der Waals surface area contributed by atoms with Gasteiger partial charge in [-0.05, 0) is 32.0 Å². The van der Waals surface area contributed by atoms with E-state index in [-0.39, 0.29) is 5.91 Å². The highest BCUT2D eigenvalue weighted by Gasteiger charge is 2.10. The van der Waals surface area contributed by atoms with Crippen LogP contribution < -0.4 is 25.4 Å². The maximum absolute atomic E-state index is 12.2. The minimum atomic E-state index is -0.181. The van der Waals surface area contributed by atoms with E-state index in [4.69, 9.17) is 9.47 Å². The number of aryl methyl sites for hydroxylation is 1. The molecule has 0 saturated heterocycles. The Morgan fingerprint density at radius 1 is 1.00 bits per heavy atom. The summed E-state index contributed by atoms with van der Waals surface area (Å²) in [5, 5.41) is 9.19. The average Bonchev–Trinajstić information content (AvgIpc) is 2.64. The van der Waals surface area contributed by atoms with Gasteiger partial charge in [0, 0.05) is 31.3 Å². The van der Waals surface area contributed by atoms with Gasteiger partial charge >= 0.3 is 0 Å². The summed E-state index contributed by atoms with van der Waals surface area (Å²) in [7, 11) is 3.09. The molecule has 0 bridgehead atoms. The highest BCUT2D eigenvalue weighted by atomic mass is 16.5. The summed E-state index contributed by atoms with van der Waals surface area (Å²) in [5.41, 5.74) is 0.509. The van der Waals surface area contributed by atoms with Crippen molar-refractivity contribution >= 4 is 17.5 Å². The first kappa shape index (κ1) is 19.3. The van der Waals surface area contributed by atoms with Crippen molar-refractivity contribution in [3.05, 3.63) is 35.7 Å². The largest absolute Gasteiger partial charge is 0.493 e. The highest BCUT2D eigenvalue weighted by molar-refractivity contribution is 5.94. The van der Waals surface area contributed by atoms with E-state index in [1.807, 2.05) is 19.9 Å². The number of aromatic nitrogens is 2. The zero-order valence-electron chi connectivity index (χ0n) is 15.5. The molecule has 2 aromatic rings. The Kier molecular flexibility index (Phi) is 7.02. The number of nitrogens with one attached hydrogen (secondary N) is 3. The van der Waals surface area contributed by atoms with E-state index in [0.29, 0.717) is 41.8 Å². The smallest absolute Gasteiger partial charge is 0.251 e. The van der Waals surface area contributed by atoms with Crippen LogP contribution in [-0.2, 0) is 0 Å². The Balaban J connectivity index is 1.87. The molecule has 0 aliphatic heterocycles. The lowest BCUT2D eigenvalue weighted by molar-refractivity contribution is 0.0954. The molecule has 8 heteroatoms. The molecule has 8 nitrogen and oxygen atoms in total. The van der Waals surface area contributed by atoms with E-state index in [2.05, 4.69) is 25.9 Å². The maximum atomic E-state index is 12.2. The van der Waals surface area contributed by atoms with Crippen LogP contribution in [0.3, 0.4) is 0 Å². The van der Waals surface area contributed by atoms with Gasteiger partial charge in [-0.15, -0.1) is 0 Å². The minimum Gasteiger partial charge on any atom is -0.493 e. The van der Waals surface area contributed by atoms with Crippen LogP contribution in [0.2, 0.25) is 0 Å². The van der Waals surface area contributed by atoms with Gasteiger partial charge in [-0.25, -0.2) is 9.97 Å². The lowest BCUT2D eigenvalue weighted by atomic mass is 10.2. The zero-order valence-corrected chi connectivity index (χ0v) is 15.5. The van der Waals surface area contributed by atoms with Crippen LogP contribution in [0.25, 0.3) is 0 Å². The first-order chi connectivity index (χ1) is 12.6. The van der Waals surface area contributed by atoms with Crippen molar-refractivity contribution in [1.82, 2.24) is 15.3 Å². The topological polar surface area (TPSA) is 97.4 Å². The van der Waals surface area contributed by atoms with Gasteiger partial charge in [0.2, 0.25) is 0 Å². The second-order valence-corrected chi connectivity index (χ2v) is 5.47. The molecule has 0 saturated carbocycles. The molecule has 0 spiro atoms. The highest BCUT2D eigenvalue weighted by Crippen LogP contribution is 2.27. The standard InChI is InChI=1S/C18H25N5O3/c1-5-19-16-11-17(23-12(2)22-16)20-8-9-21-18(24)13-6-7-14(25-3)15(10-13)26-4/h6-7,10-11H,5,8-9H2,1-4H3,(H,21,24)(H2,19,20,22,23). The predicted octanol–water partition coefficient (Wildman–Crippen LogP) is 2.08. The summed E-state index contributed by atoms with van der Waals surface area (Å²) in [6.45, 7) is 5.63. The van der Waals surface area contributed by atoms with Crippen molar-refractivity contribution in [1.29, 1.82) is 0 Å². The number of rotatable bonds is 9. The number of carbonyl (C=O) groups excluding carboxylic acids is 1. The number of hydrogen-bond donors (Lipinski definition) is 3. The third-order valence-corrected chi connectivity index (χ3v) is 3.56. The first-order valence-corrected chi connectivity index (χ1v) is 8.41. The van der Waals surface area contributed by atoms with E-state index in [0.717, 1.165) is 12.4 Å². The molecule has 26 heavy (non-hydrogen) atoms. The molecule has 1 aromatic carbocycles. The normalized spacial score (nSPS) is 10.2. The number of amides is 1. The van der Waals surface area contributed by atoms with Gasteiger partial charge in [0.25, 0.3) is 5.91 Å². The van der Waals surface area contributed by atoms with Crippen molar-refractivity contribution in [2.24, 2.45) is 0 Å². The Hall–Kier alpha value is -3.03. The molecule has 1 aromatic heterocycles. The number of anilines is 2. The Bertz CT molecular complexity index is 752. The minimum absolute atomic E-state index is 0.181. The summed E-state index contributed by atoms with van der Waals surface area (Å²) in [6.07, 6.45) is 0. The average molecular weight is 359 g/mol. The third-order valence-electron chi connectivity index (χ3n) is 3.56. The number of carbonyl (C=O) groups is 1. The summed E-state index contributed by atoms with van der Waals surface area (Å²) in [4.78, 5) is 20.9. The van der Waals surface area contributed by atoms with Gasteiger partial charge in [-0.2, -0.15) is 0 Å². The Morgan fingerprint density at radius 2 is 1.69 bits per heavy atom. The molecule has 140 valence electrons. The molecular formula is C18H25N5O3. The van der Waals surface area contributed by atoms with Crippen molar-refractivity contribution in [2.75, 3.05) is 44.5 Å². The van der Waals surface area contributed by atoms with Crippen molar-refractivity contribution in [2.45, 2.75) is 13.8 Å². The number of benzene rings is 1. The van der Waals surface area contributed by atoms with Gasteiger partial charge in [0.15, 0.2) is 11.5 Å². The Morgan fingerprint density at radius 3 is 2.35 bits per heavy atom. The molecule has 0 unspecified atom stereocenters. The number of ether oxygens (including phenoxy) is 2. The fraction of sp³-hybridized carbons (Fsp3) is 0.389. The number of methoxy groups -OCH3 is 2. The molecule has 3 N–H and O–H groups in total. The van der Waals surface area contributed by atoms with Gasteiger partial charge in [-0.3, -0.25) is 4.79 Å². The van der Waals surface area contributed by atoms with Crippen molar-refractivity contribution in [3.63, 3.8) is 0 Å². The van der Waals surface area contributed by atoms with Crippen LogP contribution in [0.15, 0.2) is 24.3 Å². The molecule has 1 heterocycles. The van der Waals surface area contributed by atoms with E-state index < -0.39 is 0 Å². The predicted molar refractivity (Wildman–Crippen MR) is 101 cm³/mol. The molecule has 2 rings (SSSR count).